The van der Waals surface area contributed by atoms with Crippen molar-refractivity contribution in [2.75, 3.05) is 25.5 Å². The SMILES string of the molecule is CN1CCC(c2noc3ccc(NC(=O)c4ccc(F)cc4Cl)cc23)CC1. The van der Waals surface area contributed by atoms with Crippen LogP contribution in [0.15, 0.2) is 40.9 Å². The molecule has 0 spiro atoms. The van der Waals surface area contributed by atoms with Gasteiger partial charge in [-0.15, -0.1) is 0 Å². The van der Waals surface area contributed by atoms with E-state index in [1.807, 2.05) is 6.07 Å². The maximum Gasteiger partial charge on any atom is 0.257 e. The zero-order valence-electron chi connectivity index (χ0n) is 14.8. The highest BCUT2D eigenvalue weighted by Gasteiger charge is 2.24. The van der Waals surface area contributed by atoms with Crippen LogP contribution in [-0.4, -0.2) is 36.1 Å². The smallest absolute Gasteiger partial charge is 0.257 e. The van der Waals surface area contributed by atoms with E-state index >= 15 is 0 Å². The van der Waals surface area contributed by atoms with Gasteiger partial charge in [0.2, 0.25) is 0 Å². The fraction of sp³-hybridized carbons (Fsp3) is 0.300. The van der Waals surface area contributed by atoms with Crippen LogP contribution < -0.4 is 5.32 Å². The molecule has 1 amide bonds. The van der Waals surface area contributed by atoms with Crippen molar-refractivity contribution >= 4 is 34.2 Å². The van der Waals surface area contributed by atoms with Crippen molar-refractivity contribution in [3.63, 3.8) is 0 Å². The van der Waals surface area contributed by atoms with Crippen LogP contribution in [0.1, 0.15) is 34.8 Å². The molecule has 2 heterocycles. The number of hydrogen-bond acceptors (Lipinski definition) is 4. The molecule has 3 aromatic rings. The number of nitrogens with one attached hydrogen (secondary N) is 1. The summed E-state index contributed by atoms with van der Waals surface area (Å²) in [7, 11) is 2.12. The van der Waals surface area contributed by atoms with Gasteiger partial charge in [-0.2, -0.15) is 0 Å². The largest absolute Gasteiger partial charge is 0.356 e. The summed E-state index contributed by atoms with van der Waals surface area (Å²) in [6.07, 6.45) is 2.06. The Morgan fingerprint density at radius 1 is 1.26 bits per heavy atom. The molecule has 4 rings (SSSR count). The lowest BCUT2D eigenvalue weighted by molar-refractivity contribution is 0.102. The van der Waals surface area contributed by atoms with Crippen molar-refractivity contribution in [3.05, 3.63) is 58.5 Å². The molecule has 0 unspecified atom stereocenters. The van der Waals surface area contributed by atoms with Crippen LogP contribution in [0.25, 0.3) is 11.0 Å². The number of likely N-dealkylation sites (tertiary alicyclic amines) is 1. The summed E-state index contributed by atoms with van der Waals surface area (Å²) >= 11 is 5.98. The standard InChI is InChI=1S/C20H19ClFN3O2/c1-25-8-6-12(7-9-25)19-16-11-14(3-5-18(16)27-24-19)23-20(26)15-4-2-13(22)10-17(15)21/h2-5,10-12H,6-9H2,1H3,(H,23,26). The number of rotatable bonds is 3. The number of amides is 1. The Labute approximate surface area is 161 Å². The molecule has 7 heteroatoms. The average molecular weight is 388 g/mol. The lowest BCUT2D eigenvalue weighted by atomic mass is 9.92. The van der Waals surface area contributed by atoms with E-state index in [4.69, 9.17) is 16.1 Å². The number of nitrogens with zero attached hydrogens (tertiary/aromatic N) is 2. The molecule has 1 N–H and O–H groups in total. The molecule has 140 valence electrons. The maximum atomic E-state index is 13.2. The summed E-state index contributed by atoms with van der Waals surface area (Å²) < 4.78 is 18.7. The predicted molar refractivity (Wildman–Crippen MR) is 103 cm³/mol. The van der Waals surface area contributed by atoms with Crippen LogP contribution in [0.5, 0.6) is 0 Å². The lowest BCUT2D eigenvalue weighted by Crippen LogP contribution is -2.29. The molecule has 1 aliphatic rings. The van der Waals surface area contributed by atoms with E-state index in [2.05, 4.69) is 22.4 Å². The van der Waals surface area contributed by atoms with Gasteiger partial charge in [0.15, 0.2) is 5.58 Å². The van der Waals surface area contributed by atoms with Crippen LogP contribution in [0.4, 0.5) is 10.1 Å². The molecule has 1 saturated heterocycles. The molecule has 0 bridgehead atoms. The number of piperidine rings is 1. The molecule has 2 aromatic carbocycles. The lowest BCUT2D eigenvalue weighted by Gasteiger charge is -2.27. The summed E-state index contributed by atoms with van der Waals surface area (Å²) in [5, 5.41) is 8.08. The third-order valence-corrected chi connectivity index (χ3v) is 5.35. The highest BCUT2D eigenvalue weighted by atomic mass is 35.5. The van der Waals surface area contributed by atoms with Gasteiger partial charge in [-0.25, -0.2) is 4.39 Å². The first kappa shape index (κ1) is 17.9. The molecule has 1 aromatic heterocycles. The molecule has 0 aliphatic carbocycles. The minimum absolute atomic E-state index is 0.0746. The third kappa shape index (κ3) is 3.68. The van der Waals surface area contributed by atoms with Crippen LogP contribution in [0, 0.1) is 5.82 Å². The number of hydrogen-bond donors (Lipinski definition) is 1. The van der Waals surface area contributed by atoms with Crippen molar-refractivity contribution in [2.45, 2.75) is 18.8 Å². The van der Waals surface area contributed by atoms with E-state index in [1.54, 1.807) is 12.1 Å². The van der Waals surface area contributed by atoms with Crippen LogP contribution >= 0.6 is 11.6 Å². The second-order valence-corrected chi connectivity index (χ2v) is 7.34. The normalized spacial score (nSPS) is 16.0. The number of carbonyl (C=O) groups excluding carboxylic acids is 1. The Bertz CT molecular complexity index is 996. The minimum atomic E-state index is -0.481. The van der Waals surface area contributed by atoms with Crippen molar-refractivity contribution in [1.29, 1.82) is 0 Å². The molecule has 27 heavy (non-hydrogen) atoms. The highest BCUT2D eigenvalue weighted by molar-refractivity contribution is 6.34. The fourth-order valence-electron chi connectivity index (χ4n) is 3.48. The molecule has 0 atom stereocenters. The van der Waals surface area contributed by atoms with Gasteiger partial charge in [0.05, 0.1) is 16.3 Å². The summed E-state index contributed by atoms with van der Waals surface area (Å²) in [4.78, 5) is 14.8. The highest BCUT2D eigenvalue weighted by Crippen LogP contribution is 2.33. The Hall–Kier alpha value is -2.44. The van der Waals surface area contributed by atoms with E-state index in [1.165, 1.54) is 12.1 Å². The maximum absolute atomic E-state index is 13.2. The predicted octanol–water partition coefficient (Wildman–Crippen LogP) is 4.68. The topological polar surface area (TPSA) is 58.4 Å². The van der Waals surface area contributed by atoms with Crippen LogP contribution in [-0.2, 0) is 0 Å². The Morgan fingerprint density at radius 3 is 2.78 bits per heavy atom. The molecule has 5 nitrogen and oxygen atoms in total. The first-order valence-corrected chi connectivity index (χ1v) is 9.23. The summed E-state index contributed by atoms with van der Waals surface area (Å²) in [5.41, 5.74) is 2.47. The number of carbonyl (C=O) groups is 1. The van der Waals surface area contributed by atoms with Gasteiger partial charge in [0.1, 0.15) is 5.82 Å². The number of aromatic nitrogens is 1. The number of fused-ring (bicyclic) bond motifs is 1. The van der Waals surface area contributed by atoms with Crippen molar-refractivity contribution in [2.24, 2.45) is 0 Å². The minimum Gasteiger partial charge on any atom is -0.356 e. The zero-order chi connectivity index (χ0) is 19.0. The van der Waals surface area contributed by atoms with Gasteiger partial charge in [-0.3, -0.25) is 4.79 Å². The summed E-state index contributed by atoms with van der Waals surface area (Å²) in [6, 6.07) is 9.12. The molecule has 0 radical (unpaired) electrons. The van der Waals surface area contributed by atoms with E-state index in [-0.39, 0.29) is 10.6 Å². The molecule has 1 fully saturated rings. The fourth-order valence-corrected chi connectivity index (χ4v) is 3.74. The Morgan fingerprint density at radius 2 is 2.04 bits per heavy atom. The van der Waals surface area contributed by atoms with Crippen molar-refractivity contribution in [1.82, 2.24) is 10.1 Å². The summed E-state index contributed by atoms with van der Waals surface area (Å²) in [5.74, 6) is -0.526. The number of benzene rings is 2. The van der Waals surface area contributed by atoms with Gasteiger partial charge in [0, 0.05) is 17.0 Å². The van der Waals surface area contributed by atoms with E-state index < -0.39 is 11.7 Å². The van der Waals surface area contributed by atoms with Crippen LogP contribution in [0.3, 0.4) is 0 Å². The first-order valence-electron chi connectivity index (χ1n) is 8.85. The molecule has 1 aliphatic heterocycles. The second-order valence-electron chi connectivity index (χ2n) is 6.93. The zero-order valence-corrected chi connectivity index (χ0v) is 15.6. The number of anilines is 1. The molecule has 0 saturated carbocycles. The van der Waals surface area contributed by atoms with Gasteiger partial charge in [-0.1, -0.05) is 16.8 Å². The number of halogens is 2. The summed E-state index contributed by atoms with van der Waals surface area (Å²) in [6.45, 7) is 2.05. The van der Waals surface area contributed by atoms with E-state index in [0.29, 0.717) is 17.2 Å². The van der Waals surface area contributed by atoms with E-state index in [9.17, 15) is 9.18 Å². The third-order valence-electron chi connectivity index (χ3n) is 5.04. The van der Waals surface area contributed by atoms with E-state index in [0.717, 1.165) is 43.1 Å². The first-order chi connectivity index (χ1) is 13.0. The quantitative estimate of drug-likeness (QED) is 0.708. The van der Waals surface area contributed by atoms with Crippen LogP contribution in [0.2, 0.25) is 5.02 Å². The van der Waals surface area contributed by atoms with Gasteiger partial charge in [0.25, 0.3) is 5.91 Å². The van der Waals surface area contributed by atoms with Crippen molar-refractivity contribution < 1.29 is 13.7 Å². The monoisotopic (exact) mass is 387 g/mol. The Kier molecular flexibility index (Phi) is 4.85. The molecular formula is C20H19ClFN3O2. The van der Waals surface area contributed by atoms with Gasteiger partial charge >= 0.3 is 0 Å². The average Bonchev–Trinajstić information content (AvgIpc) is 3.05. The second kappa shape index (κ2) is 7.29. The van der Waals surface area contributed by atoms with Gasteiger partial charge in [-0.05, 0) is 69.4 Å². The van der Waals surface area contributed by atoms with Gasteiger partial charge < -0.3 is 14.7 Å². The van der Waals surface area contributed by atoms with Crippen molar-refractivity contribution in [3.8, 4) is 0 Å². The Balaban J connectivity index is 1.59. The molecular weight excluding hydrogens is 369 g/mol.